The molecule has 0 radical (unpaired) electrons. The van der Waals surface area contributed by atoms with E-state index in [0.29, 0.717) is 19.0 Å². The van der Waals surface area contributed by atoms with Crippen molar-refractivity contribution in [3.05, 3.63) is 34.5 Å². The van der Waals surface area contributed by atoms with Gasteiger partial charge in [0.15, 0.2) is 0 Å². The summed E-state index contributed by atoms with van der Waals surface area (Å²) in [6.07, 6.45) is 3.48. The highest BCUT2D eigenvalue weighted by Crippen LogP contribution is 2.32. The second kappa shape index (κ2) is 7.11. The molecule has 136 valence electrons. The Kier molecular flexibility index (Phi) is 5.24. The first-order valence-corrected chi connectivity index (χ1v) is 10.6. The maximum atomic E-state index is 12.2. The van der Waals surface area contributed by atoms with Gasteiger partial charge in [0.1, 0.15) is 5.01 Å². The summed E-state index contributed by atoms with van der Waals surface area (Å²) in [5, 5.41) is 0.949. The van der Waals surface area contributed by atoms with Crippen LogP contribution in [-0.2, 0) is 10.2 Å². The molecule has 0 aliphatic carbocycles. The molecule has 0 bridgehead atoms. The maximum absolute atomic E-state index is 12.2. The molecule has 6 nitrogen and oxygen atoms in total. The molecular formula is C17H24N4O2S2. The van der Waals surface area contributed by atoms with E-state index >= 15 is 0 Å². The zero-order valence-electron chi connectivity index (χ0n) is 15.1. The van der Waals surface area contributed by atoms with E-state index in [9.17, 15) is 8.42 Å². The fourth-order valence-electron chi connectivity index (χ4n) is 3.05. The van der Waals surface area contributed by atoms with Gasteiger partial charge >= 0.3 is 0 Å². The fourth-order valence-corrected chi connectivity index (χ4v) is 5.07. The summed E-state index contributed by atoms with van der Waals surface area (Å²) >= 11 is 1.66. The number of aryl methyl sites for hydroxylation is 2. The average Bonchev–Trinajstić information content (AvgIpc) is 2.94. The van der Waals surface area contributed by atoms with Crippen molar-refractivity contribution in [3.8, 4) is 10.7 Å². The lowest BCUT2D eigenvalue weighted by Crippen LogP contribution is -2.44. The van der Waals surface area contributed by atoms with Crippen molar-refractivity contribution >= 4 is 21.5 Å². The molecule has 0 atom stereocenters. The Morgan fingerprint density at radius 3 is 2.48 bits per heavy atom. The Balaban J connectivity index is 1.75. The molecule has 0 N–H and O–H groups in total. The maximum Gasteiger partial charge on any atom is 0.281 e. The predicted molar refractivity (Wildman–Crippen MR) is 101 cm³/mol. The first kappa shape index (κ1) is 18.4. The lowest BCUT2D eigenvalue weighted by Gasteiger charge is -2.33. The predicted octanol–water partition coefficient (Wildman–Crippen LogP) is 2.81. The third-order valence-electron chi connectivity index (χ3n) is 4.74. The molecule has 0 unspecified atom stereocenters. The van der Waals surface area contributed by atoms with Gasteiger partial charge < -0.3 is 0 Å². The van der Waals surface area contributed by atoms with Crippen LogP contribution in [0.2, 0.25) is 0 Å². The molecule has 2 aromatic heterocycles. The van der Waals surface area contributed by atoms with Crippen LogP contribution < -0.4 is 0 Å². The van der Waals surface area contributed by atoms with E-state index in [-0.39, 0.29) is 0 Å². The molecule has 1 fully saturated rings. The van der Waals surface area contributed by atoms with E-state index in [1.807, 2.05) is 19.2 Å². The standard InChI is InChI=1S/C17H24N4O2S2/c1-12-13(2)24-17(19-12)16-11-15(5-8-18-16)14-6-9-21(10-7-14)25(22,23)20(3)4/h5,8,11,14H,6-7,9-10H2,1-4H3. The summed E-state index contributed by atoms with van der Waals surface area (Å²) in [4.78, 5) is 10.3. The van der Waals surface area contributed by atoms with Gasteiger partial charge in [-0.25, -0.2) is 4.98 Å². The van der Waals surface area contributed by atoms with Crippen LogP contribution in [0.15, 0.2) is 18.3 Å². The van der Waals surface area contributed by atoms with Gasteiger partial charge in [-0.2, -0.15) is 17.0 Å². The Morgan fingerprint density at radius 1 is 1.24 bits per heavy atom. The van der Waals surface area contributed by atoms with Crippen LogP contribution in [0, 0.1) is 13.8 Å². The van der Waals surface area contributed by atoms with E-state index < -0.39 is 10.2 Å². The van der Waals surface area contributed by atoms with Gasteiger partial charge in [0, 0.05) is 38.3 Å². The first-order valence-electron chi connectivity index (χ1n) is 8.37. The van der Waals surface area contributed by atoms with Crippen LogP contribution in [0.3, 0.4) is 0 Å². The Morgan fingerprint density at radius 2 is 1.92 bits per heavy atom. The number of thiazole rings is 1. The van der Waals surface area contributed by atoms with Crippen molar-refractivity contribution < 1.29 is 8.42 Å². The Bertz CT molecular complexity index is 834. The molecule has 0 saturated carbocycles. The monoisotopic (exact) mass is 380 g/mol. The molecule has 3 rings (SSSR count). The molecule has 0 aromatic carbocycles. The number of hydrogen-bond acceptors (Lipinski definition) is 5. The normalized spacial score (nSPS) is 17.3. The number of hydrogen-bond donors (Lipinski definition) is 0. The lowest BCUT2D eigenvalue weighted by atomic mass is 9.90. The molecule has 2 aromatic rings. The second-order valence-electron chi connectivity index (χ2n) is 6.60. The quantitative estimate of drug-likeness (QED) is 0.818. The molecule has 8 heteroatoms. The highest BCUT2D eigenvalue weighted by Gasteiger charge is 2.30. The SMILES string of the molecule is Cc1nc(-c2cc(C3CCN(S(=O)(=O)N(C)C)CC3)ccn2)sc1C. The van der Waals surface area contributed by atoms with Gasteiger partial charge in [-0.15, -0.1) is 11.3 Å². The zero-order chi connectivity index (χ0) is 18.2. The fraction of sp³-hybridized carbons (Fsp3) is 0.529. The van der Waals surface area contributed by atoms with Crippen molar-refractivity contribution in [1.82, 2.24) is 18.6 Å². The van der Waals surface area contributed by atoms with E-state index in [0.717, 1.165) is 29.2 Å². The summed E-state index contributed by atoms with van der Waals surface area (Å²) in [6, 6.07) is 4.15. The Labute approximate surface area is 153 Å². The van der Waals surface area contributed by atoms with Gasteiger partial charge in [0.2, 0.25) is 0 Å². The molecular weight excluding hydrogens is 356 g/mol. The van der Waals surface area contributed by atoms with Crippen LogP contribution in [-0.4, -0.2) is 54.2 Å². The molecule has 1 aliphatic heterocycles. The van der Waals surface area contributed by atoms with E-state index in [1.54, 1.807) is 29.7 Å². The summed E-state index contributed by atoms with van der Waals surface area (Å²) in [6.45, 7) is 5.19. The topological polar surface area (TPSA) is 66.4 Å². The molecule has 25 heavy (non-hydrogen) atoms. The van der Waals surface area contributed by atoms with Gasteiger partial charge in [-0.1, -0.05) is 0 Å². The van der Waals surface area contributed by atoms with Crippen molar-refractivity contribution in [3.63, 3.8) is 0 Å². The number of rotatable bonds is 4. The van der Waals surface area contributed by atoms with E-state index in [4.69, 9.17) is 0 Å². The Hall–Kier alpha value is -1.35. The minimum absolute atomic E-state index is 0.359. The zero-order valence-corrected chi connectivity index (χ0v) is 16.7. The largest absolute Gasteiger partial charge is 0.281 e. The smallest absolute Gasteiger partial charge is 0.254 e. The van der Waals surface area contributed by atoms with Crippen molar-refractivity contribution in [2.24, 2.45) is 0 Å². The third kappa shape index (κ3) is 3.76. The van der Waals surface area contributed by atoms with Crippen LogP contribution in [0.1, 0.15) is 34.9 Å². The molecule has 0 amide bonds. The molecule has 0 spiro atoms. The summed E-state index contributed by atoms with van der Waals surface area (Å²) in [5.74, 6) is 0.359. The van der Waals surface area contributed by atoms with E-state index in [2.05, 4.69) is 23.0 Å². The number of aromatic nitrogens is 2. The van der Waals surface area contributed by atoms with E-state index in [1.165, 1.54) is 14.7 Å². The van der Waals surface area contributed by atoms with Gasteiger partial charge in [-0.3, -0.25) is 4.98 Å². The van der Waals surface area contributed by atoms with Crippen molar-refractivity contribution in [2.45, 2.75) is 32.6 Å². The molecule has 1 aliphatic rings. The summed E-state index contributed by atoms with van der Waals surface area (Å²) in [7, 11) is -0.157. The average molecular weight is 381 g/mol. The van der Waals surface area contributed by atoms with Gasteiger partial charge in [-0.05, 0) is 50.3 Å². The number of pyridine rings is 1. The highest BCUT2D eigenvalue weighted by atomic mass is 32.2. The molecule has 3 heterocycles. The lowest BCUT2D eigenvalue weighted by molar-refractivity contribution is 0.302. The van der Waals surface area contributed by atoms with Crippen molar-refractivity contribution in [2.75, 3.05) is 27.2 Å². The van der Waals surface area contributed by atoms with Crippen LogP contribution in [0.5, 0.6) is 0 Å². The van der Waals surface area contributed by atoms with Crippen molar-refractivity contribution in [1.29, 1.82) is 0 Å². The summed E-state index contributed by atoms with van der Waals surface area (Å²) < 4.78 is 27.3. The van der Waals surface area contributed by atoms with Crippen LogP contribution >= 0.6 is 11.3 Å². The van der Waals surface area contributed by atoms with Gasteiger partial charge in [0.05, 0.1) is 11.4 Å². The number of piperidine rings is 1. The van der Waals surface area contributed by atoms with Crippen LogP contribution in [0.4, 0.5) is 0 Å². The molecule has 1 saturated heterocycles. The first-order chi connectivity index (χ1) is 11.8. The van der Waals surface area contributed by atoms with Gasteiger partial charge in [0.25, 0.3) is 10.2 Å². The highest BCUT2D eigenvalue weighted by molar-refractivity contribution is 7.86. The second-order valence-corrected chi connectivity index (χ2v) is 9.94. The number of nitrogens with zero attached hydrogens (tertiary/aromatic N) is 4. The minimum atomic E-state index is -3.31. The minimum Gasteiger partial charge on any atom is -0.254 e. The summed E-state index contributed by atoms with van der Waals surface area (Å²) in [5.41, 5.74) is 3.17. The van der Waals surface area contributed by atoms with Crippen LogP contribution in [0.25, 0.3) is 10.7 Å². The third-order valence-corrected chi connectivity index (χ3v) is 7.78.